The first kappa shape index (κ1) is 13.1. The Balaban J connectivity index is 1.53. The van der Waals surface area contributed by atoms with E-state index in [1.165, 1.54) is 38.5 Å². The molecule has 0 unspecified atom stereocenters. The highest BCUT2D eigenvalue weighted by atomic mass is 35.5. The van der Waals surface area contributed by atoms with E-state index in [0.717, 1.165) is 29.2 Å². The Kier molecular flexibility index (Phi) is 2.73. The van der Waals surface area contributed by atoms with Crippen molar-refractivity contribution in [3.63, 3.8) is 0 Å². The van der Waals surface area contributed by atoms with E-state index in [2.05, 4.69) is 5.16 Å². The molecule has 3 nitrogen and oxygen atoms in total. The van der Waals surface area contributed by atoms with Crippen molar-refractivity contribution in [1.82, 2.24) is 10.1 Å². The molecule has 2 aromatic rings. The third kappa shape index (κ3) is 1.88. The van der Waals surface area contributed by atoms with Crippen molar-refractivity contribution in [3.8, 4) is 11.4 Å². The number of hydrogen-bond acceptors (Lipinski definition) is 3. The molecule has 1 heterocycles. The lowest BCUT2D eigenvalue weighted by molar-refractivity contribution is -0.0201. The fourth-order valence-electron chi connectivity index (χ4n) is 5.56. The maximum absolute atomic E-state index is 6.27. The van der Waals surface area contributed by atoms with Gasteiger partial charge in [0.15, 0.2) is 0 Å². The molecule has 0 atom stereocenters. The topological polar surface area (TPSA) is 38.9 Å². The van der Waals surface area contributed by atoms with Crippen molar-refractivity contribution in [2.24, 2.45) is 17.8 Å². The van der Waals surface area contributed by atoms with Crippen LogP contribution in [0.1, 0.15) is 44.4 Å². The van der Waals surface area contributed by atoms with Gasteiger partial charge in [0, 0.05) is 5.56 Å². The molecule has 4 aliphatic rings. The van der Waals surface area contributed by atoms with Gasteiger partial charge in [0.2, 0.25) is 11.7 Å². The summed E-state index contributed by atoms with van der Waals surface area (Å²) in [5, 5.41) is 4.91. The minimum atomic E-state index is 0.154. The summed E-state index contributed by atoms with van der Waals surface area (Å²) in [5.41, 5.74) is 1.02. The zero-order valence-electron chi connectivity index (χ0n) is 12.5. The Morgan fingerprint density at radius 3 is 2.27 bits per heavy atom. The van der Waals surface area contributed by atoms with Crippen LogP contribution in [0.4, 0.5) is 0 Å². The van der Waals surface area contributed by atoms with Gasteiger partial charge in [-0.1, -0.05) is 28.9 Å². The Labute approximate surface area is 135 Å². The molecule has 4 aliphatic carbocycles. The van der Waals surface area contributed by atoms with Gasteiger partial charge < -0.3 is 4.52 Å². The zero-order valence-corrected chi connectivity index (χ0v) is 13.2. The van der Waals surface area contributed by atoms with E-state index in [-0.39, 0.29) is 5.41 Å². The van der Waals surface area contributed by atoms with Gasteiger partial charge in [-0.15, -0.1) is 0 Å². The quantitative estimate of drug-likeness (QED) is 0.794. The molecular weight excluding hydrogens is 296 g/mol. The van der Waals surface area contributed by atoms with Crippen molar-refractivity contribution in [3.05, 3.63) is 35.2 Å². The molecule has 1 aromatic carbocycles. The summed E-state index contributed by atoms with van der Waals surface area (Å²) >= 11 is 6.27. The first-order valence-electron chi connectivity index (χ1n) is 8.31. The molecule has 0 aliphatic heterocycles. The molecule has 4 bridgehead atoms. The first-order chi connectivity index (χ1) is 10.7. The van der Waals surface area contributed by atoms with E-state index in [9.17, 15) is 0 Å². The van der Waals surface area contributed by atoms with Crippen LogP contribution in [0, 0.1) is 17.8 Å². The normalized spacial score (nSPS) is 36.0. The van der Waals surface area contributed by atoms with Crippen LogP contribution in [-0.4, -0.2) is 10.1 Å². The molecule has 0 radical (unpaired) electrons. The van der Waals surface area contributed by atoms with Crippen molar-refractivity contribution < 1.29 is 4.52 Å². The van der Waals surface area contributed by atoms with E-state index in [1.807, 2.05) is 24.3 Å². The highest BCUT2D eigenvalue weighted by Crippen LogP contribution is 2.60. The van der Waals surface area contributed by atoms with Crippen molar-refractivity contribution >= 4 is 11.6 Å². The summed E-state index contributed by atoms with van der Waals surface area (Å²) in [6.45, 7) is 0. The molecule has 0 N–H and O–H groups in total. The largest absolute Gasteiger partial charge is 0.338 e. The lowest BCUT2D eigenvalue weighted by Gasteiger charge is -2.55. The second-order valence-electron chi connectivity index (χ2n) is 7.60. The third-order valence-electron chi connectivity index (χ3n) is 6.03. The maximum atomic E-state index is 6.27. The second-order valence-corrected chi connectivity index (χ2v) is 8.01. The average Bonchev–Trinajstić information content (AvgIpc) is 2.97. The van der Waals surface area contributed by atoms with Gasteiger partial charge in [-0.05, 0) is 68.4 Å². The van der Waals surface area contributed by atoms with Crippen LogP contribution in [0.2, 0.25) is 5.02 Å². The van der Waals surface area contributed by atoms with Crippen molar-refractivity contribution in [2.75, 3.05) is 0 Å². The highest BCUT2D eigenvalue weighted by Gasteiger charge is 2.54. The summed E-state index contributed by atoms with van der Waals surface area (Å²) in [5.74, 6) is 4.13. The summed E-state index contributed by atoms with van der Waals surface area (Å²) in [6, 6.07) is 7.71. The second kappa shape index (κ2) is 4.58. The van der Waals surface area contributed by atoms with Gasteiger partial charge >= 0.3 is 0 Å². The molecule has 114 valence electrons. The fraction of sp³-hybridized carbons (Fsp3) is 0.556. The van der Waals surface area contributed by atoms with E-state index < -0.39 is 0 Å². The third-order valence-corrected chi connectivity index (χ3v) is 6.36. The molecule has 0 saturated heterocycles. The molecule has 4 heteroatoms. The summed E-state index contributed by atoms with van der Waals surface area (Å²) < 4.78 is 5.74. The molecule has 22 heavy (non-hydrogen) atoms. The van der Waals surface area contributed by atoms with E-state index in [0.29, 0.717) is 10.8 Å². The molecule has 6 rings (SSSR count). The Hall–Kier alpha value is -1.35. The molecule has 4 fully saturated rings. The van der Waals surface area contributed by atoms with Gasteiger partial charge in [0.25, 0.3) is 0 Å². The van der Waals surface area contributed by atoms with Crippen LogP contribution in [0.3, 0.4) is 0 Å². The van der Waals surface area contributed by atoms with Crippen LogP contribution < -0.4 is 0 Å². The zero-order chi connectivity index (χ0) is 14.7. The molecule has 1 aromatic heterocycles. The van der Waals surface area contributed by atoms with E-state index in [4.69, 9.17) is 21.1 Å². The lowest BCUT2D eigenvalue weighted by atomic mass is 9.49. The minimum absolute atomic E-state index is 0.154. The first-order valence-corrected chi connectivity index (χ1v) is 8.69. The van der Waals surface area contributed by atoms with E-state index >= 15 is 0 Å². The molecular formula is C18H19ClN2O. The highest BCUT2D eigenvalue weighted by molar-refractivity contribution is 6.33. The van der Waals surface area contributed by atoms with Crippen LogP contribution in [-0.2, 0) is 5.41 Å². The van der Waals surface area contributed by atoms with Gasteiger partial charge in [0.1, 0.15) is 0 Å². The number of hydrogen-bond donors (Lipinski definition) is 0. The molecule has 0 spiro atoms. The standard InChI is InChI=1S/C18H19ClN2O/c19-15-4-2-1-3-14(15)16-20-17(22-21-16)18-8-11-5-12(9-18)7-13(6-11)10-18/h1-4,11-13H,5-10H2. The monoisotopic (exact) mass is 314 g/mol. The number of benzene rings is 1. The lowest BCUT2D eigenvalue weighted by Crippen LogP contribution is -2.48. The Bertz CT molecular complexity index is 688. The van der Waals surface area contributed by atoms with Crippen LogP contribution in [0.25, 0.3) is 11.4 Å². The van der Waals surface area contributed by atoms with Crippen molar-refractivity contribution in [2.45, 2.75) is 43.9 Å². The van der Waals surface area contributed by atoms with Gasteiger partial charge in [-0.3, -0.25) is 0 Å². The van der Waals surface area contributed by atoms with Crippen LogP contribution >= 0.6 is 11.6 Å². The Morgan fingerprint density at radius 1 is 1.00 bits per heavy atom. The smallest absolute Gasteiger partial charge is 0.233 e. The maximum Gasteiger partial charge on any atom is 0.233 e. The summed E-state index contributed by atoms with van der Waals surface area (Å²) in [6.07, 6.45) is 7.98. The number of halogens is 1. The van der Waals surface area contributed by atoms with Crippen LogP contribution in [0.5, 0.6) is 0 Å². The van der Waals surface area contributed by atoms with Gasteiger partial charge in [0.05, 0.1) is 10.4 Å². The van der Waals surface area contributed by atoms with E-state index in [1.54, 1.807) is 0 Å². The summed E-state index contributed by atoms with van der Waals surface area (Å²) in [7, 11) is 0. The number of aromatic nitrogens is 2. The van der Waals surface area contributed by atoms with Gasteiger partial charge in [-0.25, -0.2) is 0 Å². The average molecular weight is 315 g/mol. The molecule has 4 saturated carbocycles. The predicted octanol–water partition coefficient (Wildman–Crippen LogP) is 4.86. The van der Waals surface area contributed by atoms with Gasteiger partial charge in [-0.2, -0.15) is 4.98 Å². The predicted molar refractivity (Wildman–Crippen MR) is 84.6 cm³/mol. The Morgan fingerprint density at radius 2 is 1.64 bits per heavy atom. The molecule has 0 amide bonds. The number of rotatable bonds is 2. The number of nitrogens with zero attached hydrogens (tertiary/aromatic N) is 2. The SMILES string of the molecule is Clc1ccccc1-c1noc(C23CC4CC(CC(C4)C2)C3)n1. The minimum Gasteiger partial charge on any atom is -0.338 e. The van der Waals surface area contributed by atoms with Crippen molar-refractivity contribution in [1.29, 1.82) is 0 Å². The summed E-state index contributed by atoms with van der Waals surface area (Å²) in [4.78, 5) is 4.77. The van der Waals surface area contributed by atoms with Crippen LogP contribution in [0.15, 0.2) is 28.8 Å². The fourth-order valence-corrected chi connectivity index (χ4v) is 5.78.